The number of carbonyl (C=O) groups is 1. The highest BCUT2D eigenvalue weighted by atomic mass is 16.1. The Labute approximate surface area is 133 Å². The minimum Gasteiger partial charge on any atom is -0.352 e. The fourth-order valence-electron chi connectivity index (χ4n) is 3.60. The van der Waals surface area contributed by atoms with E-state index in [0.29, 0.717) is 12.6 Å². The number of aromatic nitrogens is 1. The number of aryl methyl sites for hydroxylation is 2. The number of rotatable bonds is 4. The molecule has 1 atom stereocenters. The highest BCUT2D eigenvalue weighted by Crippen LogP contribution is 2.21. The highest BCUT2D eigenvalue weighted by molar-refractivity contribution is 5.79. The van der Waals surface area contributed by atoms with Crippen molar-refractivity contribution in [1.82, 2.24) is 15.2 Å². The van der Waals surface area contributed by atoms with E-state index >= 15 is 0 Å². The molecule has 2 aliphatic rings. The first-order valence-corrected chi connectivity index (χ1v) is 8.62. The van der Waals surface area contributed by atoms with E-state index in [4.69, 9.17) is 0 Å². The van der Waals surface area contributed by atoms with E-state index in [-0.39, 0.29) is 11.8 Å². The molecule has 1 aromatic rings. The lowest BCUT2D eigenvalue weighted by Crippen LogP contribution is -2.45. The zero-order valence-electron chi connectivity index (χ0n) is 13.8. The number of amides is 1. The summed E-state index contributed by atoms with van der Waals surface area (Å²) in [5.41, 5.74) is 3.75. The van der Waals surface area contributed by atoms with Crippen molar-refractivity contribution in [2.75, 3.05) is 13.1 Å². The lowest BCUT2D eigenvalue weighted by atomic mass is 9.96. The van der Waals surface area contributed by atoms with Crippen LogP contribution in [0, 0.1) is 5.92 Å². The second-order valence-electron chi connectivity index (χ2n) is 6.95. The van der Waals surface area contributed by atoms with Crippen LogP contribution in [-0.2, 0) is 24.2 Å². The molecule has 1 unspecified atom stereocenters. The van der Waals surface area contributed by atoms with Crippen molar-refractivity contribution in [3.63, 3.8) is 0 Å². The Morgan fingerprint density at radius 3 is 3.09 bits per heavy atom. The monoisotopic (exact) mass is 301 g/mol. The van der Waals surface area contributed by atoms with Crippen molar-refractivity contribution in [2.24, 2.45) is 5.92 Å². The molecule has 1 fully saturated rings. The molecule has 1 N–H and O–H groups in total. The minimum absolute atomic E-state index is 0.138. The van der Waals surface area contributed by atoms with Crippen LogP contribution in [0.4, 0.5) is 0 Å². The number of hydrogen-bond donors (Lipinski definition) is 1. The van der Waals surface area contributed by atoms with Gasteiger partial charge in [-0.3, -0.25) is 9.78 Å². The summed E-state index contributed by atoms with van der Waals surface area (Å²) < 4.78 is 0. The molecular weight excluding hydrogens is 274 g/mol. The molecule has 4 nitrogen and oxygen atoms in total. The van der Waals surface area contributed by atoms with Gasteiger partial charge in [0.25, 0.3) is 0 Å². The Kier molecular flexibility index (Phi) is 4.77. The smallest absolute Gasteiger partial charge is 0.224 e. The summed E-state index contributed by atoms with van der Waals surface area (Å²) in [4.78, 5) is 19.3. The number of likely N-dealkylation sites (tertiary alicyclic amines) is 1. The van der Waals surface area contributed by atoms with E-state index in [1.165, 1.54) is 17.7 Å². The SMILES string of the molecule is CC(C)N1CCCC(C(=O)NCc2cnc3c(c2)CCC3)C1. The van der Waals surface area contributed by atoms with Crippen molar-refractivity contribution in [3.8, 4) is 0 Å². The van der Waals surface area contributed by atoms with E-state index in [2.05, 4.69) is 35.1 Å². The van der Waals surface area contributed by atoms with Gasteiger partial charge in [0.2, 0.25) is 5.91 Å². The van der Waals surface area contributed by atoms with E-state index < -0.39 is 0 Å². The second kappa shape index (κ2) is 6.78. The largest absolute Gasteiger partial charge is 0.352 e. The Hall–Kier alpha value is -1.42. The first kappa shape index (κ1) is 15.5. The van der Waals surface area contributed by atoms with Crippen LogP contribution in [0.5, 0.6) is 0 Å². The lowest BCUT2D eigenvalue weighted by Gasteiger charge is -2.34. The third kappa shape index (κ3) is 3.49. The van der Waals surface area contributed by atoms with E-state index in [1.54, 1.807) is 0 Å². The fraction of sp³-hybridized carbons (Fsp3) is 0.667. The summed E-state index contributed by atoms with van der Waals surface area (Å²) in [6, 6.07) is 2.74. The number of fused-ring (bicyclic) bond motifs is 1. The third-order valence-electron chi connectivity index (χ3n) is 5.00. The molecule has 1 saturated heterocycles. The maximum absolute atomic E-state index is 12.4. The standard InChI is InChI=1S/C18H27N3O/c1-13(2)21-8-4-6-16(12-21)18(22)20-11-14-9-15-5-3-7-17(15)19-10-14/h9-10,13,16H,3-8,11-12H2,1-2H3,(H,20,22). The Bertz CT molecular complexity index is 541. The summed E-state index contributed by atoms with van der Waals surface area (Å²) in [6.45, 7) is 7.03. The predicted octanol–water partition coefficient (Wildman–Crippen LogP) is 2.31. The zero-order chi connectivity index (χ0) is 15.5. The normalized spacial score (nSPS) is 21.9. The summed E-state index contributed by atoms with van der Waals surface area (Å²) in [7, 11) is 0. The number of pyridine rings is 1. The van der Waals surface area contributed by atoms with Crippen LogP contribution in [0.15, 0.2) is 12.3 Å². The van der Waals surface area contributed by atoms with E-state index in [9.17, 15) is 4.79 Å². The molecule has 4 heteroatoms. The maximum atomic E-state index is 12.4. The van der Waals surface area contributed by atoms with Gasteiger partial charge >= 0.3 is 0 Å². The van der Waals surface area contributed by atoms with Crippen LogP contribution < -0.4 is 5.32 Å². The second-order valence-corrected chi connectivity index (χ2v) is 6.95. The molecule has 0 bridgehead atoms. The van der Waals surface area contributed by atoms with Crippen LogP contribution in [0.25, 0.3) is 0 Å². The van der Waals surface area contributed by atoms with Crippen molar-refractivity contribution in [2.45, 2.75) is 58.5 Å². The van der Waals surface area contributed by atoms with Gasteiger partial charge in [0.15, 0.2) is 0 Å². The molecule has 120 valence electrons. The van der Waals surface area contributed by atoms with Gasteiger partial charge in [-0.15, -0.1) is 0 Å². The molecule has 0 aromatic carbocycles. The summed E-state index contributed by atoms with van der Waals surface area (Å²) in [5, 5.41) is 3.11. The molecule has 0 saturated carbocycles. The number of piperidine rings is 1. The van der Waals surface area contributed by atoms with E-state index in [1.807, 2.05) is 6.20 Å². The van der Waals surface area contributed by atoms with Crippen molar-refractivity contribution >= 4 is 5.91 Å². The first-order valence-electron chi connectivity index (χ1n) is 8.62. The van der Waals surface area contributed by atoms with Crippen LogP contribution >= 0.6 is 0 Å². The summed E-state index contributed by atoms with van der Waals surface area (Å²) >= 11 is 0. The maximum Gasteiger partial charge on any atom is 0.224 e. The van der Waals surface area contributed by atoms with Gasteiger partial charge in [-0.1, -0.05) is 6.07 Å². The average Bonchev–Trinajstić information content (AvgIpc) is 3.00. The molecule has 1 amide bonds. The van der Waals surface area contributed by atoms with Crippen LogP contribution in [-0.4, -0.2) is 34.9 Å². The third-order valence-corrected chi connectivity index (χ3v) is 5.00. The van der Waals surface area contributed by atoms with Crippen LogP contribution in [0.3, 0.4) is 0 Å². The topological polar surface area (TPSA) is 45.2 Å². The fourth-order valence-corrected chi connectivity index (χ4v) is 3.60. The average molecular weight is 301 g/mol. The van der Waals surface area contributed by atoms with E-state index in [0.717, 1.165) is 44.3 Å². The number of carbonyl (C=O) groups excluding carboxylic acids is 1. The molecule has 1 aliphatic heterocycles. The predicted molar refractivity (Wildman–Crippen MR) is 87.5 cm³/mol. The number of nitrogens with zero attached hydrogens (tertiary/aromatic N) is 2. The molecule has 1 aromatic heterocycles. The lowest BCUT2D eigenvalue weighted by molar-refractivity contribution is -0.127. The van der Waals surface area contributed by atoms with Crippen molar-refractivity contribution < 1.29 is 4.79 Å². The molecule has 22 heavy (non-hydrogen) atoms. The van der Waals surface area contributed by atoms with Gasteiger partial charge in [-0.25, -0.2) is 0 Å². The Balaban J connectivity index is 1.53. The zero-order valence-corrected chi connectivity index (χ0v) is 13.8. The first-order chi connectivity index (χ1) is 10.6. The van der Waals surface area contributed by atoms with Crippen molar-refractivity contribution in [3.05, 3.63) is 29.1 Å². The molecule has 0 spiro atoms. The summed E-state index contributed by atoms with van der Waals surface area (Å²) in [6.07, 6.45) is 7.51. The highest BCUT2D eigenvalue weighted by Gasteiger charge is 2.26. The van der Waals surface area contributed by atoms with Crippen LogP contribution in [0.2, 0.25) is 0 Å². The summed E-state index contributed by atoms with van der Waals surface area (Å²) in [5.74, 6) is 0.337. The van der Waals surface area contributed by atoms with Gasteiger partial charge in [-0.05, 0) is 63.6 Å². The van der Waals surface area contributed by atoms with Gasteiger partial charge in [-0.2, -0.15) is 0 Å². The molecule has 0 radical (unpaired) electrons. The van der Waals surface area contributed by atoms with Crippen LogP contribution in [0.1, 0.15) is 49.9 Å². The quantitative estimate of drug-likeness (QED) is 0.928. The van der Waals surface area contributed by atoms with Crippen molar-refractivity contribution in [1.29, 1.82) is 0 Å². The molecule has 3 rings (SSSR count). The Morgan fingerprint density at radius 1 is 1.41 bits per heavy atom. The number of hydrogen-bond acceptors (Lipinski definition) is 3. The van der Waals surface area contributed by atoms with Gasteiger partial charge in [0.05, 0.1) is 5.92 Å². The Morgan fingerprint density at radius 2 is 2.27 bits per heavy atom. The molecule has 1 aliphatic carbocycles. The van der Waals surface area contributed by atoms with Gasteiger partial charge < -0.3 is 10.2 Å². The molecule has 2 heterocycles. The number of nitrogens with one attached hydrogen (secondary N) is 1. The molecular formula is C18H27N3O. The van der Waals surface area contributed by atoms with Gasteiger partial charge in [0, 0.05) is 31.0 Å². The minimum atomic E-state index is 0.138. The van der Waals surface area contributed by atoms with Gasteiger partial charge in [0.1, 0.15) is 0 Å².